The number of primary amides is 1. The lowest BCUT2D eigenvalue weighted by molar-refractivity contribution is -0.141. The molecular weight excluding hydrogens is 328 g/mol. The van der Waals surface area contributed by atoms with Crippen LogP contribution in [0.2, 0.25) is 0 Å². The van der Waals surface area contributed by atoms with Crippen molar-refractivity contribution in [2.24, 2.45) is 5.73 Å². The molecule has 0 aromatic heterocycles. The number of aliphatic hydroxyl groups excluding tert-OH is 1. The summed E-state index contributed by atoms with van der Waals surface area (Å²) in [5.74, 6) is -0.865. The normalized spacial score (nSPS) is 28.3. The second-order valence-corrected chi connectivity index (χ2v) is 7.79. The SMILES string of the molecule is C[C@@H](O)[C@H](NCC1CCC2(CNC2=O)N1C(=O)OC(C)(C)C)C(N)=O. The second-order valence-electron chi connectivity index (χ2n) is 7.79. The summed E-state index contributed by atoms with van der Waals surface area (Å²) in [5, 5.41) is 15.2. The molecule has 0 aromatic rings. The fourth-order valence-corrected chi connectivity index (χ4v) is 3.37. The zero-order chi connectivity index (χ0) is 19.0. The molecule has 2 rings (SSSR count). The predicted octanol–water partition coefficient (Wildman–Crippen LogP) is -0.921. The summed E-state index contributed by atoms with van der Waals surface area (Å²) in [5.41, 5.74) is 3.71. The molecule has 2 aliphatic heterocycles. The largest absolute Gasteiger partial charge is 0.444 e. The quantitative estimate of drug-likeness (QED) is 0.471. The molecule has 2 aliphatic rings. The van der Waals surface area contributed by atoms with Gasteiger partial charge >= 0.3 is 6.09 Å². The standard InChI is InChI=1S/C16H28N4O5/c1-9(21)11(12(17)22)18-7-10-5-6-16(8-19-13(16)23)20(10)14(24)25-15(2,3)4/h9-11,18,21H,5-8H2,1-4H3,(H2,17,22)(H,19,23)/t9-,10?,11+,16?/m1/s1. The highest BCUT2D eigenvalue weighted by atomic mass is 16.6. The molecule has 2 saturated heterocycles. The van der Waals surface area contributed by atoms with Crippen LogP contribution in [0.25, 0.3) is 0 Å². The Morgan fingerprint density at radius 1 is 1.52 bits per heavy atom. The van der Waals surface area contributed by atoms with Crippen LogP contribution >= 0.6 is 0 Å². The van der Waals surface area contributed by atoms with Gasteiger partial charge in [-0.25, -0.2) is 4.79 Å². The maximum absolute atomic E-state index is 12.7. The highest BCUT2D eigenvalue weighted by molar-refractivity contribution is 5.96. The molecule has 0 aromatic carbocycles. The maximum Gasteiger partial charge on any atom is 0.411 e. The van der Waals surface area contributed by atoms with Gasteiger partial charge in [0.1, 0.15) is 17.2 Å². The van der Waals surface area contributed by atoms with E-state index in [0.717, 1.165) is 0 Å². The van der Waals surface area contributed by atoms with Crippen molar-refractivity contribution in [3.63, 3.8) is 0 Å². The van der Waals surface area contributed by atoms with Gasteiger partial charge in [0.2, 0.25) is 11.8 Å². The number of rotatable bonds is 5. The molecule has 0 radical (unpaired) electrons. The van der Waals surface area contributed by atoms with Gasteiger partial charge in [0, 0.05) is 12.6 Å². The molecule has 5 N–H and O–H groups in total. The van der Waals surface area contributed by atoms with Crippen LogP contribution in [0.1, 0.15) is 40.5 Å². The van der Waals surface area contributed by atoms with E-state index in [-0.39, 0.29) is 18.5 Å². The molecule has 0 saturated carbocycles. The summed E-state index contributed by atoms with van der Waals surface area (Å²) in [4.78, 5) is 37.7. The summed E-state index contributed by atoms with van der Waals surface area (Å²) in [6.45, 7) is 7.36. The maximum atomic E-state index is 12.7. The third-order valence-corrected chi connectivity index (χ3v) is 4.63. The molecule has 9 heteroatoms. The predicted molar refractivity (Wildman–Crippen MR) is 89.5 cm³/mol. The number of likely N-dealkylation sites (tertiary alicyclic amines) is 1. The lowest BCUT2D eigenvalue weighted by atomic mass is 9.88. The monoisotopic (exact) mass is 356 g/mol. The fraction of sp³-hybridized carbons (Fsp3) is 0.812. The Morgan fingerprint density at radius 2 is 2.16 bits per heavy atom. The van der Waals surface area contributed by atoms with Gasteiger partial charge in [0.15, 0.2) is 0 Å². The summed E-state index contributed by atoms with van der Waals surface area (Å²) in [7, 11) is 0. The van der Waals surface area contributed by atoms with Gasteiger partial charge in [0.05, 0.1) is 12.6 Å². The molecule has 142 valence electrons. The minimum atomic E-state index is -0.963. The Labute approximate surface area is 147 Å². The number of nitrogens with one attached hydrogen (secondary N) is 2. The number of carbonyl (C=O) groups is 3. The number of carbonyl (C=O) groups excluding carboxylic acids is 3. The number of nitrogens with zero attached hydrogens (tertiary/aromatic N) is 1. The van der Waals surface area contributed by atoms with Gasteiger partial charge in [-0.3, -0.25) is 14.5 Å². The minimum absolute atomic E-state index is 0.192. The van der Waals surface area contributed by atoms with E-state index >= 15 is 0 Å². The number of amides is 3. The molecule has 1 spiro atoms. The second kappa shape index (κ2) is 6.80. The molecule has 3 amide bonds. The molecule has 9 nitrogen and oxygen atoms in total. The third-order valence-electron chi connectivity index (χ3n) is 4.63. The first-order chi connectivity index (χ1) is 11.5. The van der Waals surface area contributed by atoms with Crippen LogP contribution in [0, 0.1) is 0 Å². The van der Waals surface area contributed by atoms with E-state index in [2.05, 4.69) is 10.6 Å². The van der Waals surface area contributed by atoms with Gasteiger partial charge < -0.3 is 26.2 Å². The molecule has 0 bridgehead atoms. The number of nitrogens with two attached hydrogens (primary N) is 1. The number of aliphatic hydroxyl groups is 1. The first kappa shape index (κ1) is 19.5. The van der Waals surface area contributed by atoms with Crippen molar-refractivity contribution >= 4 is 17.9 Å². The highest BCUT2D eigenvalue weighted by Crippen LogP contribution is 2.38. The van der Waals surface area contributed by atoms with Crippen molar-refractivity contribution in [1.29, 1.82) is 0 Å². The number of hydrogen-bond donors (Lipinski definition) is 4. The first-order valence-electron chi connectivity index (χ1n) is 8.49. The van der Waals surface area contributed by atoms with Crippen molar-refractivity contribution in [2.45, 2.75) is 69.9 Å². The highest BCUT2D eigenvalue weighted by Gasteiger charge is 2.59. The Morgan fingerprint density at radius 3 is 2.56 bits per heavy atom. The van der Waals surface area contributed by atoms with Gasteiger partial charge in [-0.2, -0.15) is 0 Å². The molecule has 2 fully saturated rings. The first-order valence-corrected chi connectivity index (χ1v) is 8.49. The number of β-lactam (4-membered cyclic amide) rings is 1. The summed E-state index contributed by atoms with van der Waals surface area (Å²) in [6, 6.07) is -1.26. The van der Waals surface area contributed by atoms with Crippen molar-refractivity contribution in [3.8, 4) is 0 Å². The number of ether oxygens (including phenoxy) is 1. The van der Waals surface area contributed by atoms with Crippen LogP contribution < -0.4 is 16.4 Å². The zero-order valence-corrected chi connectivity index (χ0v) is 15.2. The average Bonchev–Trinajstić information content (AvgIpc) is 2.85. The fourth-order valence-electron chi connectivity index (χ4n) is 3.37. The van der Waals surface area contributed by atoms with Crippen LogP contribution in [0.4, 0.5) is 4.79 Å². The molecule has 2 heterocycles. The number of hydrogen-bond acceptors (Lipinski definition) is 6. The van der Waals surface area contributed by atoms with Gasteiger partial charge in [-0.15, -0.1) is 0 Å². The lowest BCUT2D eigenvalue weighted by Gasteiger charge is -2.46. The van der Waals surface area contributed by atoms with E-state index < -0.39 is 35.3 Å². The topological polar surface area (TPSA) is 134 Å². The molecular formula is C16H28N4O5. The third kappa shape index (κ3) is 3.87. The minimum Gasteiger partial charge on any atom is -0.444 e. The van der Waals surface area contributed by atoms with Crippen LogP contribution in [-0.4, -0.2) is 70.3 Å². The van der Waals surface area contributed by atoms with E-state index in [9.17, 15) is 19.5 Å². The van der Waals surface area contributed by atoms with Crippen molar-refractivity contribution in [1.82, 2.24) is 15.5 Å². The van der Waals surface area contributed by atoms with Crippen LogP contribution in [0.5, 0.6) is 0 Å². The van der Waals surface area contributed by atoms with E-state index in [0.29, 0.717) is 19.4 Å². The van der Waals surface area contributed by atoms with Crippen LogP contribution in [0.3, 0.4) is 0 Å². The van der Waals surface area contributed by atoms with Crippen molar-refractivity contribution in [2.75, 3.05) is 13.1 Å². The zero-order valence-electron chi connectivity index (χ0n) is 15.2. The lowest BCUT2D eigenvalue weighted by Crippen LogP contribution is -2.73. The van der Waals surface area contributed by atoms with Crippen LogP contribution in [0.15, 0.2) is 0 Å². The Balaban J connectivity index is 2.15. The van der Waals surface area contributed by atoms with Gasteiger partial charge in [-0.05, 0) is 40.5 Å². The van der Waals surface area contributed by atoms with E-state index in [1.165, 1.54) is 11.8 Å². The van der Waals surface area contributed by atoms with E-state index in [1.807, 2.05) is 0 Å². The summed E-state index contributed by atoms with van der Waals surface area (Å²) in [6.07, 6.45) is -0.403. The Hall–Kier alpha value is -1.87. The Bertz CT molecular complexity index is 559. The Kier molecular flexibility index (Phi) is 5.29. The summed E-state index contributed by atoms with van der Waals surface area (Å²) >= 11 is 0. The van der Waals surface area contributed by atoms with E-state index in [4.69, 9.17) is 10.5 Å². The molecule has 0 aliphatic carbocycles. The van der Waals surface area contributed by atoms with Gasteiger partial charge in [-0.1, -0.05) is 0 Å². The molecule has 2 unspecified atom stereocenters. The van der Waals surface area contributed by atoms with Crippen molar-refractivity contribution in [3.05, 3.63) is 0 Å². The smallest absolute Gasteiger partial charge is 0.411 e. The molecule has 25 heavy (non-hydrogen) atoms. The van der Waals surface area contributed by atoms with E-state index in [1.54, 1.807) is 20.8 Å². The van der Waals surface area contributed by atoms with Gasteiger partial charge in [0.25, 0.3) is 0 Å². The summed E-state index contributed by atoms with van der Waals surface area (Å²) < 4.78 is 5.47. The van der Waals surface area contributed by atoms with Crippen LogP contribution in [-0.2, 0) is 14.3 Å². The van der Waals surface area contributed by atoms with Crippen molar-refractivity contribution < 1.29 is 24.2 Å². The molecule has 4 atom stereocenters. The average molecular weight is 356 g/mol.